The molecule has 2 aromatic carbocycles. The van der Waals surface area contributed by atoms with E-state index in [2.05, 4.69) is 0 Å². The number of carboxylic acid groups (broad SMARTS) is 1. The molecule has 1 aromatic heterocycles. The van der Waals surface area contributed by atoms with Gasteiger partial charge in [-0.3, -0.25) is 4.79 Å². The fraction of sp³-hybridized carbons (Fsp3) is 0.111. The van der Waals surface area contributed by atoms with Gasteiger partial charge in [-0.2, -0.15) is 0 Å². The summed E-state index contributed by atoms with van der Waals surface area (Å²) < 4.78 is 6.79. The van der Waals surface area contributed by atoms with Crippen LogP contribution in [0.15, 0.2) is 54.7 Å². The Morgan fingerprint density at radius 1 is 1.22 bits per heavy atom. The Morgan fingerprint density at radius 2 is 1.96 bits per heavy atom. The van der Waals surface area contributed by atoms with Crippen LogP contribution in [0.4, 0.5) is 0 Å². The van der Waals surface area contributed by atoms with Crippen molar-refractivity contribution in [3.63, 3.8) is 0 Å². The molecule has 5 heteroatoms. The minimum atomic E-state index is -0.985. The van der Waals surface area contributed by atoms with Gasteiger partial charge in [-0.1, -0.05) is 30.3 Å². The molecule has 0 aliphatic heterocycles. The Hall–Kier alpha value is -3.08. The summed E-state index contributed by atoms with van der Waals surface area (Å²) in [6.45, 7) is 0. The first kappa shape index (κ1) is 14.8. The third-order valence-corrected chi connectivity index (χ3v) is 3.83. The normalized spacial score (nSPS) is 12.0. The SMILES string of the molecule is COc1ccc2c(c1)c(C=O)cn2C(C(=O)O)c1ccccc1. The van der Waals surface area contributed by atoms with Crippen LogP contribution in [0, 0.1) is 0 Å². The summed E-state index contributed by atoms with van der Waals surface area (Å²) in [5, 5.41) is 10.4. The zero-order valence-corrected chi connectivity index (χ0v) is 12.5. The predicted molar refractivity (Wildman–Crippen MR) is 86.1 cm³/mol. The summed E-state index contributed by atoms with van der Waals surface area (Å²) in [4.78, 5) is 23.2. The van der Waals surface area contributed by atoms with E-state index >= 15 is 0 Å². The number of ether oxygens (including phenoxy) is 1. The number of aldehydes is 1. The van der Waals surface area contributed by atoms with Gasteiger partial charge in [-0.25, -0.2) is 4.79 Å². The van der Waals surface area contributed by atoms with E-state index in [4.69, 9.17) is 4.74 Å². The van der Waals surface area contributed by atoms with Crippen LogP contribution in [0.25, 0.3) is 10.9 Å². The molecule has 0 amide bonds. The zero-order valence-electron chi connectivity index (χ0n) is 12.5. The van der Waals surface area contributed by atoms with Crippen LogP contribution in [-0.2, 0) is 4.79 Å². The topological polar surface area (TPSA) is 68.5 Å². The van der Waals surface area contributed by atoms with E-state index in [9.17, 15) is 14.7 Å². The monoisotopic (exact) mass is 309 g/mol. The lowest BCUT2D eigenvalue weighted by atomic mass is 10.1. The van der Waals surface area contributed by atoms with Crippen LogP contribution in [0.1, 0.15) is 22.0 Å². The van der Waals surface area contributed by atoms with Crippen LogP contribution in [0.3, 0.4) is 0 Å². The van der Waals surface area contributed by atoms with Crippen LogP contribution < -0.4 is 4.74 Å². The second-order valence-electron chi connectivity index (χ2n) is 5.14. The molecule has 0 radical (unpaired) electrons. The minimum Gasteiger partial charge on any atom is -0.497 e. The van der Waals surface area contributed by atoms with Gasteiger partial charge in [0.25, 0.3) is 0 Å². The number of methoxy groups -OCH3 is 1. The van der Waals surface area contributed by atoms with Gasteiger partial charge in [0.15, 0.2) is 12.3 Å². The lowest BCUT2D eigenvalue weighted by Gasteiger charge is -2.16. The molecule has 1 N–H and O–H groups in total. The number of hydrogen-bond acceptors (Lipinski definition) is 3. The number of aromatic nitrogens is 1. The molecule has 5 nitrogen and oxygen atoms in total. The van der Waals surface area contributed by atoms with Gasteiger partial charge in [0, 0.05) is 17.1 Å². The van der Waals surface area contributed by atoms with Crippen molar-refractivity contribution in [3.05, 3.63) is 65.9 Å². The summed E-state index contributed by atoms with van der Waals surface area (Å²) in [6, 6.07) is 13.3. The summed E-state index contributed by atoms with van der Waals surface area (Å²) in [5.74, 6) is -0.369. The van der Waals surface area contributed by atoms with Crippen molar-refractivity contribution in [2.24, 2.45) is 0 Å². The highest BCUT2D eigenvalue weighted by atomic mass is 16.5. The third-order valence-electron chi connectivity index (χ3n) is 3.83. The molecule has 0 saturated carbocycles. The molecular weight excluding hydrogens is 294 g/mol. The molecule has 0 aliphatic rings. The average molecular weight is 309 g/mol. The standard InChI is InChI=1S/C18H15NO4/c1-23-14-7-8-16-15(9-14)13(11-20)10-19(16)17(18(21)22)12-5-3-2-4-6-12/h2-11,17H,1H3,(H,21,22). The Balaban J connectivity index is 2.25. The maximum atomic E-state index is 11.8. The highest BCUT2D eigenvalue weighted by molar-refractivity contribution is 5.99. The molecule has 3 rings (SSSR count). The smallest absolute Gasteiger partial charge is 0.331 e. The van der Waals surface area contributed by atoms with Crippen molar-refractivity contribution in [1.29, 1.82) is 0 Å². The van der Waals surface area contributed by atoms with Crippen molar-refractivity contribution in [3.8, 4) is 5.75 Å². The van der Waals surface area contributed by atoms with Gasteiger partial charge >= 0.3 is 5.97 Å². The number of carbonyl (C=O) groups excluding carboxylic acids is 1. The van der Waals surface area contributed by atoms with Crippen molar-refractivity contribution >= 4 is 23.2 Å². The first-order valence-corrected chi connectivity index (χ1v) is 7.07. The lowest BCUT2D eigenvalue weighted by molar-refractivity contribution is -0.139. The molecule has 0 saturated heterocycles. The Kier molecular flexibility index (Phi) is 3.85. The van der Waals surface area contributed by atoms with Gasteiger partial charge in [-0.15, -0.1) is 0 Å². The van der Waals surface area contributed by atoms with E-state index in [0.29, 0.717) is 27.8 Å². The molecule has 0 aliphatic carbocycles. The zero-order chi connectivity index (χ0) is 16.4. The van der Waals surface area contributed by atoms with Gasteiger partial charge in [-0.05, 0) is 23.8 Å². The fourth-order valence-electron chi connectivity index (χ4n) is 2.75. The molecular formula is C18H15NO4. The highest BCUT2D eigenvalue weighted by Gasteiger charge is 2.24. The quantitative estimate of drug-likeness (QED) is 0.735. The Labute approximate surface area is 132 Å². The third kappa shape index (κ3) is 2.57. The second-order valence-corrected chi connectivity index (χ2v) is 5.14. The number of nitrogens with zero attached hydrogens (tertiary/aromatic N) is 1. The van der Waals surface area contributed by atoms with E-state index in [1.807, 2.05) is 6.07 Å². The molecule has 1 unspecified atom stereocenters. The first-order valence-electron chi connectivity index (χ1n) is 7.07. The van der Waals surface area contributed by atoms with Crippen molar-refractivity contribution < 1.29 is 19.4 Å². The Bertz CT molecular complexity index is 867. The van der Waals surface area contributed by atoms with Crippen molar-refractivity contribution in [2.75, 3.05) is 7.11 Å². The van der Waals surface area contributed by atoms with Crippen LogP contribution in [0.2, 0.25) is 0 Å². The largest absolute Gasteiger partial charge is 0.497 e. The summed E-state index contributed by atoms with van der Waals surface area (Å²) in [6.07, 6.45) is 2.30. The van der Waals surface area contributed by atoms with E-state index in [1.165, 1.54) is 0 Å². The molecule has 3 aromatic rings. The molecule has 0 spiro atoms. The van der Waals surface area contributed by atoms with E-state index in [-0.39, 0.29) is 0 Å². The molecule has 23 heavy (non-hydrogen) atoms. The highest BCUT2D eigenvalue weighted by Crippen LogP contribution is 2.30. The predicted octanol–water partition coefficient (Wildman–Crippen LogP) is 3.14. The first-order chi connectivity index (χ1) is 11.2. The number of rotatable bonds is 5. The number of aliphatic carboxylic acids is 1. The molecule has 0 bridgehead atoms. The van der Waals surface area contributed by atoms with Crippen LogP contribution in [0.5, 0.6) is 5.75 Å². The molecule has 116 valence electrons. The van der Waals surface area contributed by atoms with Gasteiger partial charge in [0.1, 0.15) is 5.75 Å². The molecule has 1 atom stereocenters. The van der Waals surface area contributed by atoms with Crippen molar-refractivity contribution in [2.45, 2.75) is 6.04 Å². The second kappa shape index (κ2) is 5.96. The van der Waals surface area contributed by atoms with Gasteiger partial charge < -0.3 is 14.4 Å². The maximum Gasteiger partial charge on any atom is 0.331 e. The van der Waals surface area contributed by atoms with Crippen LogP contribution in [-0.4, -0.2) is 29.0 Å². The lowest BCUT2D eigenvalue weighted by Crippen LogP contribution is -2.19. The number of benzene rings is 2. The summed E-state index contributed by atoms with van der Waals surface area (Å²) in [5.41, 5.74) is 1.75. The number of fused-ring (bicyclic) bond motifs is 1. The summed E-state index contributed by atoms with van der Waals surface area (Å²) >= 11 is 0. The Morgan fingerprint density at radius 3 is 2.57 bits per heavy atom. The maximum absolute atomic E-state index is 11.8. The molecule has 0 fully saturated rings. The number of hydrogen-bond donors (Lipinski definition) is 1. The number of carbonyl (C=O) groups is 2. The van der Waals surface area contributed by atoms with Gasteiger partial charge in [0.05, 0.1) is 12.6 Å². The van der Waals surface area contributed by atoms with Gasteiger partial charge in [0.2, 0.25) is 0 Å². The minimum absolute atomic E-state index is 0.432. The van der Waals surface area contributed by atoms with E-state index < -0.39 is 12.0 Å². The molecule has 1 heterocycles. The number of carboxylic acids is 1. The van der Waals surface area contributed by atoms with Crippen molar-refractivity contribution in [1.82, 2.24) is 4.57 Å². The average Bonchev–Trinajstić information content (AvgIpc) is 2.93. The summed E-state index contributed by atoms with van der Waals surface area (Å²) in [7, 11) is 1.54. The van der Waals surface area contributed by atoms with Crippen LogP contribution >= 0.6 is 0 Å². The van der Waals surface area contributed by atoms with E-state index in [0.717, 1.165) is 6.29 Å². The fourth-order valence-corrected chi connectivity index (χ4v) is 2.75. The van der Waals surface area contributed by atoms with E-state index in [1.54, 1.807) is 60.3 Å².